The van der Waals surface area contributed by atoms with Crippen LogP contribution in [-0.2, 0) is 10.7 Å². The number of aromatic nitrogens is 2. The first-order valence-electron chi connectivity index (χ1n) is 22.2. The van der Waals surface area contributed by atoms with Crippen LogP contribution in [0.4, 0.5) is 5.82 Å². The van der Waals surface area contributed by atoms with Gasteiger partial charge in [-0.25, -0.2) is 13.9 Å². The summed E-state index contributed by atoms with van der Waals surface area (Å²) in [6.07, 6.45) is 0. The first kappa shape index (κ1) is 35.1. The molecule has 0 bridgehead atoms. The van der Waals surface area contributed by atoms with Crippen LogP contribution >= 0.6 is 0 Å². The van der Waals surface area contributed by atoms with Crippen molar-refractivity contribution in [2.24, 2.45) is 9.98 Å². The molecule has 0 fully saturated rings. The summed E-state index contributed by atoms with van der Waals surface area (Å²) in [5.41, 5.74) is 11.9. The zero-order valence-corrected chi connectivity index (χ0v) is 35.1. The van der Waals surface area contributed by atoms with Crippen LogP contribution in [0.5, 0.6) is 5.75 Å². The summed E-state index contributed by atoms with van der Waals surface area (Å²) in [5, 5.41) is 19.6. The summed E-state index contributed by atoms with van der Waals surface area (Å²) in [5.74, 6) is 0.714. The number of fused-ring (bicyclic) bond motifs is 14. The lowest BCUT2D eigenvalue weighted by molar-refractivity contribution is -0.798. The Morgan fingerprint density at radius 3 is 1.91 bits per heavy atom. The van der Waals surface area contributed by atoms with Crippen molar-refractivity contribution in [3.63, 3.8) is 0 Å². The van der Waals surface area contributed by atoms with Crippen molar-refractivity contribution < 1.29 is 28.6 Å². The molecule has 2 aromatic heterocycles. The summed E-state index contributed by atoms with van der Waals surface area (Å²) in [6, 6.07) is 58.3. The third-order valence-electron chi connectivity index (χ3n) is 14.7. The van der Waals surface area contributed by atoms with Gasteiger partial charge in [0.15, 0.2) is 11.4 Å². The molecule has 6 aliphatic heterocycles. The fourth-order valence-corrected chi connectivity index (χ4v) is 12.1. The number of carbonyl (C=O) groups is 2. The molecule has 1 unspecified atom stereocenters. The molecule has 0 amide bonds. The molecule has 0 radical (unpaired) electrons. The number of benzene rings is 8. The van der Waals surface area contributed by atoms with Crippen molar-refractivity contribution in [2.45, 2.75) is 5.91 Å². The van der Waals surface area contributed by atoms with Gasteiger partial charge >= 0.3 is 23.6 Å². The van der Waals surface area contributed by atoms with Gasteiger partial charge in [-0.15, -0.1) is 9.15 Å². The fraction of sp³-hybridized carbons (Fsp3) is 0.0175. The molecule has 1 spiro atoms. The lowest BCUT2D eigenvalue weighted by Crippen LogP contribution is -2.71. The van der Waals surface area contributed by atoms with E-state index in [0.29, 0.717) is 12.2 Å². The van der Waals surface area contributed by atoms with E-state index in [4.69, 9.17) is 14.7 Å². The zero-order chi connectivity index (χ0) is 44.0. The number of hydrogen-bond donors (Lipinski definition) is 1. The van der Waals surface area contributed by atoms with Gasteiger partial charge in [-0.1, -0.05) is 103 Å². The standard InChI is InChI=1S/C57H29N6O4/c64-29-67-37-23-21-31(22-24-37)46-48-38-13-5-7-15-40(38)52-58-54-44-27-35-11-3-1-9-33(35)25-42(44)50-47(30-17-19-32(20-18-30)56(65)66)51-43-26-34-10-2-4-12-36(34)28-45(43)55-59-53-41-16-8-6-14-39(41)49(46)61(53)57(60(48)52,62(50)54)63(51)55/h1-29H/q+1/p+1. The Kier molecular flexibility index (Phi) is 6.23. The maximum absolute atomic E-state index is 12.4. The second-order valence-electron chi connectivity index (χ2n) is 17.8. The predicted octanol–water partition coefficient (Wildman–Crippen LogP) is 8.71. The molecule has 8 heterocycles. The number of hydrogen-bond acceptors (Lipinski definition) is 5. The third-order valence-corrected chi connectivity index (χ3v) is 14.7. The van der Waals surface area contributed by atoms with Crippen molar-refractivity contribution in [3.8, 4) is 5.75 Å². The summed E-state index contributed by atoms with van der Waals surface area (Å²) in [7, 11) is 0. The number of aliphatic imine (C=N–C) groups is 1. The molecule has 10 nitrogen and oxygen atoms in total. The van der Waals surface area contributed by atoms with E-state index in [-0.39, 0.29) is 5.56 Å². The Morgan fingerprint density at radius 2 is 1.19 bits per heavy atom. The highest BCUT2D eigenvalue weighted by atomic mass is 16.5. The highest BCUT2D eigenvalue weighted by Crippen LogP contribution is 2.57. The van der Waals surface area contributed by atoms with E-state index >= 15 is 0 Å². The zero-order valence-electron chi connectivity index (χ0n) is 35.1. The average molecular weight is 863 g/mol. The summed E-state index contributed by atoms with van der Waals surface area (Å²) in [4.78, 5) is 35.6. The van der Waals surface area contributed by atoms with Crippen LogP contribution in [0.3, 0.4) is 0 Å². The topological polar surface area (TPSA) is 104 Å². The lowest BCUT2D eigenvalue weighted by atomic mass is 9.90. The summed E-state index contributed by atoms with van der Waals surface area (Å²) >= 11 is 0. The highest BCUT2D eigenvalue weighted by Gasteiger charge is 2.71. The number of carboxylic acid groups (broad SMARTS) is 1. The van der Waals surface area contributed by atoms with Crippen LogP contribution in [0.1, 0.15) is 49.4 Å². The summed E-state index contributed by atoms with van der Waals surface area (Å²) in [6.45, 7) is 0.455. The van der Waals surface area contributed by atoms with Crippen molar-refractivity contribution >= 4 is 95.6 Å². The van der Waals surface area contributed by atoms with Crippen LogP contribution in [0.15, 0.2) is 180 Å². The number of nitrogens with zero attached hydrogens (tertiary/aromatic N) is 6. The Balaban J connectivity index is 1.20. The molecule has 0 aliphatic carbocycles. The Morgan fingerprint density at radius 1 is 0.582 bits per heavy atom. The van der Waals surface area contributed by atoms with E-state index in [1.54, 1.807) is 12.1 Å². The molecule has 8 aromatic carbocycles. The van der Waals surface area contributed by atoms with Gasteiger partial charge in [-0.3, -0.25) is 4.79 Å². The quantitative estimate of drug-likeness (QED) is 0.138. The molecular formula is C57H30N6O4+2. The van der Waals surface area contributed by atoms with E-state index in [9.17, 15) is 14.7 Å². The first-order chi connectivity index (χ1) is 33.0. The second-order valence-corrected chi connectivity index (χ2v) is 17.8. The lowest BCUT2D eigenvalue weighted by Gasteiger charge is -2.42. The normalized spacial score (nSPS) is 17.5. The molecule has 10 aromatic rings. The molecule has 1 N–H and O–H groups in total. The largest absolute Gasteiger partial charge is 0.478 e. The van der Waals surface area contributed by atoms with Gasteiger partial charge in [0, 0.05) is 21.9 Å². The molecule has 0 saturated heterocycles. The molecule has 16 rings (SSSR count). The average Bonchev–Trinajstić information content (AvgIpc) is 4.09. The number of aromatic carboxylic acids is 1. The van der Waals surface area contributed by atoms with E-state index < -0.39 is 11.9 Å². The molecule has 0 saturated carbocycles. The smallest absolute Gasteiger partial charge is 0.441 e. The van der Waals surface area contributed by atoms with E-state index in [1.165, 1.54) is 0 Å². The van der Waals surface area contributed by atoms with Crippen LogP contribution < -0.4 is 15.6 Å². The summed E-state index contributed by atoms with van der Waals surface area (Å²) < 4.78 is 15.2. The highest BCUT2D eigenvalue weighted by molar-refractivity contribution is 6.37. The van der Waals surface area contributed by atoms with Crippen molar-refractivity contribution in [1.29, 1.82) is 0 Å². The van der Waals surface area contributed by atoms with Crippen LogP contribution in [0, 0.1) is 0 Å². The first-order valence-corrected chi connectivity index (χ1v) is 22.2. The van der Waals surface area contributed by atoms with Gasteiger partial charge in [0.25, 0.3) is 17.8 Å². The minimum absolute atomic E-state index is 0.213. The van der Waals surface area contributed by atoms with Gasteiger partial charge < -0.3 is 9.84 Å². The Bertz CT molecular complexity index is 4390. The maximum atomic E-state index is 12.4. The number of ether oxygens (including phenoxy) is 1. The van der Waals surface area contributed by atoms with Gasteiger partial charge in [-0.2, -0.15) is 0 Å². The number of carboxylic acids is 1. The number of amidine groups is 2. The molecule has 67 heavy (non-hydrogen) atoms. The SMILES string of the molecule is O=COc1ccc(C2=C3c4ccccc4C4=[N+]3C35n6c(c7ccccc7c62)N=C2c6cc7ccccc7cc6C(=[N+]23)C(c2ccc(C(=O)O)cc2)=c2c3cc6ccccc6cc3c(n25)=N4)cc1. The second kappa shape index (κ2) is 11.9. The van der Waals surface area contributed by atoms with Crippen LogP contribution in [-0.4, -0.2) is 53.2 Å². The minimum Gasteiger partial charge on any atom is -0.478 e. The van der Waals surface area contributed by atoms with Gasteiger partial charge in [-0.05, 0) is 109 Å². The maximum Gasteiger partial charge on any atom is 0.441 e. The van der Waals surface area contributed by atoms with E-state index in [1.807, 2.05) is 36.4 Å². The van der Waals surface area contributed by atoms with Crippen molar-refractivity contribution in [3.05, 3.63) is 225 Å². The molecule has 10 heteroatoms. The fourth-order valence-electron chi connectivity index (χ4n) is 12.1. The number of rotatable bonds is 5. The minimum atomic E-state index is -1.21. The molecular weight excluding hydrogens is 833 g/mol. The van der Waals surface area contributed by atoms with E-state index in [0.717, 1.165) is 133 Å². The van der Waals surface area contributed by atoms with Crippen LogP contribution in [0.2, 0.25) is 0 Å². The molecule has 310 valence electrons. The van der Waals surface area contributed by atoms with Gasteiger partial charge in [0.2, 0.25) is 0 Å². The van der Waals surface area contributed by atoms with E-state index in [2.05, 4.69) is 140 Å². The molecule has 6 aliphatic rings. The Labute approximate surface area is 378 Å². The number of carbonyl (C=O) groups excluding carboxylic acids is 1. The van der Waals surface area contributed by atoms with Crippen molar-refractivity contribution in [1.82, 2.24) is 9.13 Å². The third kappa shape index (κ3) is 4.01. The predicted molar refractivity (Wildman–Crippen MR) is 256 cm³/mol. The van der Waals surface area contributed by atoms with Crippen LogP contribution in [0.25, 0.3) is 59.9 Å². The monoisotopic (exact) mass is 862 g/mol. The van der Waals surface area contributed by atoms with Gasteiger partial charge in [0.1, 0.15) is 5.75 Å². The Hall–Kier alpha value is -9.28. The van der Waals surface area contributed by atoms with Gasteiger partial charge in [0.05, 0.1) is 49.7 Å². The molecule has 1 atom stereocenters. The van der Waals surface area contributed by atoms with Crippen molar-refractivity contribution in [2.75, 3.05) is 0 Å².